The lowest BCUT2D eigenvalue weighted by Crippen LogP contribution is -2.18. The molecule has 0 aromatic heterocycles. The van der Waals surface area contributed by atoms with Gasteiger partial charge in [0.05, 0.1) is 5.69 Å². The van der Waals surface area contributed by atoms with E-state index in [0.717, 1.165) is 12.6 Å². The molecule has 0 heterocycles. The van der Waals surface area contributed by atoms with Gasteiger partial charge < -0.3 is 10.6 Å². The number of hydrogen-bond donors (Lipinski definition) is 2. The molecule has 0 saturated heterocycles. The Morgan fingerprint density at radius 2 is 2.00 bits per heavy atom. The zero-order valence-corrected chi connectivity index (χ0v) is 7.40. The summed E-state index contributed by atoms with van der Waals surface area (Å²) in [4.78, 5) is 0. The second-order valence-corrected chi connectivity index (χ2v) is 2.65. The first-order valence-electron chi connectivity index (χ1n) is 4.07. The summed E-state index contributed by atoms with van der Waals surface area (Å²) < 4.78 is 25.4. The van der Waals surface area contributed by atoms with E-state index in [1.165, 1.54) is 12.1 Å². The van der Waals surface area contributed by atoms with E-state index in [1.54, 1.807) is 0 Å². The summed E-state index contributed by atoms with van der Waals surface area (Å²) in [5.41, 5.74) is 0.330. The van der Waals surface area contributed by atoms with E-state index in [1.807, 2.05) is 7.05 Å². The first-order valence-corrected chi connectivity index (χ1v) is 4.07. The quantitative estimate of drug-likeness (QED) is 0.698. The molecule has 2 N–H and O–H groups in total. The van der Waals surface area contributed by atoms with Crippen LogP contribution in [0.1, 0.15) is 0 Å². The van der Waals surface area contributed by atoms with Crippen molar-refractivity contribution < 1.29 is 8.78 Å². The van der Waals surface area contributed by atoms with Crippen molar-refractivity contribution in [3.8, 4) is 0 Å². The summed E-state index contributed by atoms with van der Waals surface area (Å²) in [7, 11) is 1.81. The Bertz CT molecular complexity index is 276. The fourth-order valence-corrected chi connectivity index (χ4v) is 0.955. The molecule has 1 rings (SSSR count). The third-order valence-corrected chi connectivity index (χ3v) is 1.62. The molecule has 0 bridgehead atoms. The van der Waals surface area contributed by atoms with Gasteiger partial charge in [0.15, 0.2) is 0 Å². The highest BCUT2D eigenvalue weighted by atomic mass is 19.1. The van der Waals surface area contributed by atoms with Crippen LogP contribution < -0.4 is 10.6 Å². The molecule has 72 valence electrons. The molecule has 0 unspecified atom stereocenters. The third kappa shape index (κ3) is 2.99. The zero-order chi connectivity index (χ0) is 9.68. The number of anilines is 1. The van der Waals surface area contributed by atoms with Crippen LogP contribution in [0.25, 0.3) is 0 Å². The number of benzene rings is 1. The first kappa shape index (κ1) is 9.92. The zero-order valence-electron chi connectivity index (χ0n) is 7.40. The monoisotopic (exact) mass is 186 g/mol. The molecule has 0 radical (unpaired) electrons. The van der Waals surface area contributed by atoms with Gasteiger partial charge in [0.1, 0.15) is 11.6 Å². The van der Waals surface area contributed by atoms with Crippen molar-refractivity contribution in [2.45, 2.75) is 0 Å². The fraction of sp³-hybridized carbons (Fsp3) is 0.333. The van der Waals surface area contributed by atoms with Crippen LogP contribution in [0.3, 0.4) is 0 Å². The van der Waals surface area contributed by atoms with Crippen LogP contribution in [0.5, 0.6) is 0 Å². The molecular formula is C9H12F2N2. The van der Waals surface area contributed by atoms with Crippen LogP contribution in [0.2, 0.25) is 0 Å². The van der Waals surface area contributed by atoms with Crippen molar-refractivity contribution in [1.29, 1.82) is 0 Å². The van der Waals surface area contributed by atoms with Crippen molar-refractivity contribution in [2.24, 2.45) is 0 Å². The number of nitrogens with one attached hydrogen (secondary N) is 2. The van der Waals surface area contributed by atoms with Crippen LogP contribution in [0.15, 0.2) is 18.2 Å². The van der Waals surface area contributed by atoms with E-state index in [0.29, 0.717) is 12.2 Å². The highest BCUT2D eigenvalue weighted by molar-refractivity contribution is 5.44. The minimum Gasteiger partial charge on any atom is -0.381 e. The Morgan fingerprint density at radius 3 is 2.62 bits per heavy atom. The SMILES string of the molecule is CNCCNc1ccc(F)cc1F. The molecule has 0 saturated carbocycles. The van der Waals surface area contributed by atoms with Crippen molar-refractivity contribution >= 4 is 5.69 Å². The molecule has 1 aromatic carbocycles. The van der Waals surface area contributed by atoms with Gasteiger partial charge in [-0.3, -0.25) is 0 Å². The van der Waals surface area contributed by atoms with Gasteiger partial charge >= 0.3 is 0 Å². The lowest BCUT2D eigenvalue weighted by molar-refractivity contribution is 0.585. The van der Waals surface area contributed by atoms with Crippen molar-refractivity contribution in [3.63, 3.8) is 0 Å². The van der Waals surface area contributed by atoms with Crippen molar-refractivity contribution in [2.75, 3.05) is 25.5 Å². The molecule has 0 fully saturated rings. The van der Waals surface area contributed by atoms with Crippen LogP contribution in [0, 0.1) is 11.6 Å². The van der Waals surface area contributed by atoms with Crippen LogP contribution in [0.4, 0.5) is 14.5 Å². The Hall–Kier alpha value is -1.16. The summed E-state index contributed by atoms with van der Waals surface area (Å²) in [6.45, 7) is 1.34. The molecule has 13 heavy (non-hydrogen) atoms. The summed E-state index contributed by atoms with van der Waals surface area (Å²) in [6.07, 6.45) is 0. The van der Waals surface area contributed by atoms with E-state index in [4.69, 9.17) is 0 Å². The Morgan fingerprint density at radius 1 is 1.23 bits per heavy atom. The van der Waals surface area contributed by atoms with Gasteiger partial charge in [0, 0.05) is 19.2 Å². The normalized spacial score (nSPS) is 10.1. The van der Waals surface area contributed by atoms with Gasteiger partial charge in [-0.15, -0.1) is 0 Å². The predicted molar refractivity (Wildman–Crippen MR) is 48.8 cm³/mol. The average Bonchev–Trinajstić information content (AvgIpc) is 2.09. The minimum absolute atomic E-state index is 0.330. The highest BCUT2D eigenvalue weighted by Crippen LogP contribution is 2.13. The van der Waals surface area contributed by atoms with E-state index in [-0.39, 0.29) is 0 Å². The molecule has 0 spiro atoms. The Kier molecular flexibility index (Phi) is 3.64. The predicted octanol–water partition coefficient (Wildman–Crippen LogP) is 1.60. The molecule has 2 nitrogen and oxygen atoms in total. The van der Waals surface area contributed by atoms with Gasteiger partial charge in [0.2, 0.25) is 0 Å². The lowest BCUT2D eigenvalue weighted by atomic mass is 10.3. The van der Waals surface area contributed by atoms with Gasteiger partial charge in [-0.25, -0.2) is 8.78 Å². The Labute approximate surface area is 76.0 Å². The van der Waals surface area contributed by atoms with Gasteiger partial charge in [-0.2, -0.15) is 0 Å². The third-order valence-electron chi connectivity index (χ3n) is 1.62. The fourth-order valence-electron chi connectivity index (χ4n) is 0.955. The minimum atomic E-state index is -0.559. The summed E-state index contributed by atoms with van der Waals surface area (Å²) in [5.74, 6) is -1.12. The highest BCUT2D eigenvalue weighted by Gasteiger charge is 2.01. The second-order valence-electron chi connectivity index (χ2n) is 2.65. The summed E-state index contributed by atoms with van der Waals surface area (Å²) in [6, 6.07) is 3.48. The van der Waals surface area contributed by atoms with E-state index in [9.17, 15) is 8.78 Å². The Balaban J connectivity index is 2.56. The molecule has 0 aliphatic rings. The standard InChI is InChI=1S/C9H12F2N2/c1-12-4-5-13-9-3-2-7(10)6-8(9)11/h2-3,6,12-13H,4-5H2,1H3. The molecule has 0 aliphatic heterocycles. The van der Waals surface area contributed by atoms with E-state index < -0.39 is 11.6 Å². The topological polar surface area (TPSA) is 24.1 Å². The molecule has 1 aromatic rings. The number of rotatable bonds is 4. The van der Waals surface area contributed by atoms with Crippen LogP contribution >= 0.6 is 0 Å². The van der Waals surface area contributed by atoms with Crippen molar-refractivity contribution in [3.05, 3.63) is 29.8 Å². The maximum absolute atomic E-state index is 13.0. The van der Waals surface area contributed by atoms with Crippen LogP contribution in [-0.2, 0) is 0 Å². The average molecular weight is 186 g/mol. The maximum atomic E-state index is 13.0. The van der Waals surface area contributed by atoms with Gasteiger partial charge in [0.25, 0.3) is 0 Å². The maximum Gasteiger partial charge on any atom is 0.149 e. The smallest absolute Gasteiger partial charge is 0.149 e. The molecule has 0 aliphatic carbocycles. The number of halogens is 2. The van der Waals surface area contributed by atoms with Crippen LogP contribution in [-0.4, -0.2) is 20.1 Å². The summed E-state index contributed by atoms with van der Waals surface area (Å²) >= 11 is 0. The number of hydrogen-bond acceptors (Lipinski definition) is 2. The number of likely N-dealkylation sites (N-methyl/N-ethyl adjacent to an activating group) is 1. The molecule has 0 atom stereocenters. The molecular weight excluding hydrogens is 174 g/mol. The van der Waals surface area contributed by atoms with Gasteiger partial charge in [-0.05, 0) is 19.2 Å². The van der Waals surface area contributed by atoms with E-state index in [2.05, 4.69) is 10.6 Å². The largest absolute Gasteiger partial charge is 0.381 e. The lowest BCUT2D eigenvalue weighted by Gasteiger charge is -2.06. The van der Waals surface area contributed by atoms with Crippen molar-refractivity contribution in [1.82, 2.24) is 5.32 Å². The second kappa shape index (κ2) is 4.77. The molecule has 4 heteroatoms. The van der Waals surface area contributed by atoms with Gasteiger partial charge in [-0.1, -0.05) is 0 Å². The summed E-state index contributed by atoms with van der Waals surface area (Å²) in [5, 5.41) is 5.75. The van der Waals surface area contributed by atoms with E-state index >= 15 is 0 Å². The molecule has 0 amide bonds. The first-order chi connectivity index (χ1) is 6.24.